The van der Waals surface area contributed by atoms with Crippen LogP contribution in [0.5, 0.6) is 0 Å². The minimum absolute atomic E-state index is 0.198. The molecule has 28 heavy (non-hydrogen) atoms. The van der Waals surface area contributed by atoms with E-state index in [9.17, 15) is 0 Å². The Hall–Kier alpha value is -3.26. The van der Waals surface area contributed by atoms with Crippen LogP contribution in [0.1, 0.15) is 23.2 Å². The number of rotatable bonds is 7. The summed E-state index contributed by atoms with van der Waals surface area (Å²) in [6.45, 7) is 1.63. The van der Waals surface area contributed by atoms with E-state index in [-0.39, 0.29) is 11.8 Å². The standard InChI is InChI=1S/C20H25N7O/c1-24-10-14(9-21)13-3-4-17(22)16(7-13)20(23)18-8-19(26-12-25-18)27-6-5-15(11-27)28-2/h3-4,7-10,12,15,21,23-24H,5-6,11,22H2,1-2H3/b14-10+,21-9?,23-20?/t15-/m1/s1. The molecule has 0 aliphatic carbocycles. The quantitative estimate of drug-likeness (QED) is 0.430. The minimum Gasteiger partial charge on any atom is -0.398 e. The van der Waals surface area contributed by atoms with Crippen molar-refractivity contribution in [2.24, 2.45) is 0 Å². The molecule has 1 aliphatic heterocycles. The van der Waals surface area contributed by atoms with E-state index in [1.807, 2.05) is 18.2 Å². The zero-order valence-electron chi connectivity index (χ0n) is 16.1. The van der Waals surface area contributed by atoms with Crippen molar-refractivity contribution >= 4 is 29.0 Å². The van der Waals surface area contributed by atoms with Crippen LogP contribution in [0, 0.1) is 10.8 Å². The maximum Gasteiger partial charge on any atom is 0.132 e. The molecule has 1 aliphatic rings. The maximum atomic E-state index is 8.65. The van der Waals surface area contributed by atoms with Gasteiger partial charge in [-0.2, -0.15) is 0 Å². The normalized spacial score (nSPS) is 16.9. The first kappa shape index (κ1) is 19.5. The van der Waals surface area contributed by atoms with E-state index in [2.05, 4.69) is 20.2 Å². The number of anilines is 2. The molecule has 0 spiro atoms. The predicted octanol–water partition coefficient (Wildman–Crippen LogP) is 1.91. The molecule has 8 nitrogen and oxygen atoms in total. The fourth-order valence-electron chi connectivity index (χ4n) is 3.24. The molecule has 0 radical (unpaired) electrons. The lowest BCUT2D eigenvalue weighted by molar-refractivity contribution is 0.121. The summed E-state index contributed by atoms with van der Waals surface area (Å²) >= 11 is 0. The van der Waals surface area contributed by atoms with E-state index in [0.717, 1.165) is 30.9 Å². The van der Waals surface area contributed by atoms with Gasteiger partial charge in [0.05, 0.1) is 17.5 Å². The van der Waals surface area contributed by atoms with Gasteiger partial charge in [-0.3, -0.25) is 5.41 Å². The van der Waals surface area contributed by atoms with Gasteiger partial charge in [0.2, 0.25) is 0 Å². The number of allylic oxidation sites excluding steroid dienone is 1. The number of nitrogen functional groups attached to an aromatic ring is 1. The van der Waals surface area contributed by atoms with Crippen LogP contribution in [0.2, 0.25) is 0 Å². The number of hydrogen-bond donors (Lipinski definition) is 4. The van der Waals surface area contributed by atoms with E-state index in [1.54, 1.807) is 26.4 Å². The number of nitrogens with one attached hydrogen (secondary N) is 3. The summed E-state index contributed by atoms with van der Waals surface area (Å²) < 4.78 is 5.42. The molecule has 0 amide bonds. The zero-order chi connectivity index (χ0) is 20.1. The monoisotopic (exact) mass is 379 g/mol. The molecule has 2 aromatic rings. The Morgan fingerprint density at radius 1 is 1.36 bits per heavy atom. The lowest BCUT2D eigenvalue weighted by Crippen LogP contribution is -2.23. The topological polar surface area (TPSA) is 124 Å². The van der Waals surface area contributed by atoms with Crippen LogP contribution >= 0.6 is 0 Å². The number of ether oxygens (including phenoxy) is 1. The summed E-state index contributed by atoms with van der Waals surface area (Å²) in [5.74, 6) is 0.777. The zero-order valence-corrected chi connectivity index (χ0v) is 16.1. The molecule has 3 rings (SSSR count). The van der Waals surface area contributed by atoms with Gasteiger partial charge in [0.25, 0.3) is 0 Å². The third kappa shape index (κ3) is 4.01. The van der Waals surface area contributed by atoms with Crippen LogP contribution in [0.15, 0.2) is 36.8 Å². The van der Waals surface area contributed by atoms with Crippen LogP contribution in [-0.4, -0.2) is 55.2 Å². The predicted molar refractivity (Wildman–Crippen MR) is 112 cm³/mol. The molecule has 1 aromatic carbocycles. The second kappa shape index (κ2) is 8.62. The van der Waals surface area contributed by atoms with Gasteiger partial charge in [0, 0.05) is 62.6 Å². The van der Waals surface area contributed by atoms with Crippen LogP contribution < -0.4 is 16.0 Å². The van der Waals surface area contributed by atoms with Gasteiger partial charge in [-0.05, 0) is 24.1 Å². The molecule has 0 unspecified atom stereocenters. The highest BCUT2D eigenvalue weighted by atomic mass is 16.5. The Morgan fingerprint density at radius 2 is 2.18 bits per heavy atom. The summed E-state index contributed by atoms with van der Waals surface area (Å²) in [7, 11) is 3.49. The molecule has 1 aromatic heterocycles. The lowest BCUT2D eigenvalue weighted by Gasteiger charge is -2.18. The van der Waals surface area contributed by atoms with Gasteiger partial charge in [0.1, 0.15) is 12.1 Å². The number of hydrogen-bond acceptors (Lipinski definition) is 8. The van der Waals surface area contributed by atoms with Crippen LogP contribution in [0.3, 0.4) is 0 Å². The van der Waals surface area contributed by atoms with Gasteiger partial charge in [0.15, 0.2) is 0 Å². The second-order valence-electron chi connectivity index (χ2n) is 6.56. The van der Waals surface area contributed by atoms with Gasteiger partial charge < -0.3 is 26.1 Å². The Balaban J connectivity index is 1.91. The first-order chi connectivity index (χ1) is 13.6. The highest BCUT2D eigenvalue weighted by Gasteiger charge is 2.24. The number of nitrogens with two attached hydrogens (primary N) is 1. The number of benzene rings is 1. The van der Waals surface area contributed by atoms with Gasteiger partial charge >= 0.3 is 0 Å². The van der Waals surface area contributed by atoms with Crippen molar-refractivity contribution in [3.63, 3.8) is 0 Å². The fourth-order valence-corrected chi connectivity index (χ4v) is 3.24. The number of methoxy groups -OCH3 is 1. The molecule has 146 valence electrons. The molecular weight excluding hydrogens is 354 g/mol. The summed E-state index contributed by atoms with van der Waals surface area (Å²) in [5, 5.41) is 19.2. The second-order valence-corrected chi connectivity index (χ2v) is 6.56. The van der Waals surface area contributed by atoms with Gasteiger partial charge in [-0.25, -0.2) is 9.97 Å². The van der Waals surface area contributed by atoms with E-state index in [1.165, 1.54) is 12.5 Å². The summed E-state index contributed by atoms with van der Waals surface area (Å²) in [4.78, 5) is 10.8. The van der Waals surface area contributed by atoms with E-state index in [0.29, 0.717) is 22.5 Å². The first-order valence-corrected chi connectivity index (χ1v) is 9.04. The van der Waals surface area contributed by atoms with Gasteiger partial charge in [-0.1, -0.05) is 6.07 Å². The molecule has 1 fully saturated rings. The highest BCUT2D eigenvalue weighted by molar-refractivity contribution is 6.15. The Morgan fingerprint density at radius 3 is 2.86 bits per heavy atom. The third-order valence-electron chi connectivity index (χ3n) is 4.82. The van der Waals surface area contributed by atoms with Crippen molar-refractivity contribution in [1.82, 2.24) is 15.3 Å². The van der Waals surface area contributed by atoms with Crippen molar-refractivity contribution in [3.05, 3.63) is 53.6 Å². The van der Waals surface area contributed by atoms with Gasteiger partial charge in [-0.15, -0.1) is 0 Å². The average molecular weight is 379 g/mol. The molecule has 1 saturated heterocycles. The maximum absolute atomic E-state index is 8.65. The Labute approximate surface area is 164 Å². The summed E-state index contributed by atoms with van der Waals surface area (Å²) in [5.41, 5.74) is 9.42. The van der Waals surface area contributed by atoms with Crippen LogP contribution in [0.4, 0.5) is 11.5 Å². The van der Waals surface area contributed by atoms with Crippen molar-refractivity contribution in [3.8, 4) is 0 Å². The number of aromatic nitrogens is 2. The van der Waals surface area contributed by atoms with E-state index >= 15 is 0 Å². The molecule has 5 N–H and O–H groups in total. The molecule has 2 heterocycles. The van der Waals surface area contributed by atoms with Crippen molar-refractivity contribution in [1.29, 1.82) is 10.8 Å². The molecular formula is C20H25N7O. The fraction of sp³-hybridized carbons (Fsp3) is 0.300. The summed E-state index contributed by atoms with van der Waals surface area (Å²) in [6, 6.07) is 7.21. The summed E-state index contributed by atoms with van der Waals surface area (Å²) in [6.07, 6.45) is 5.62. The van der Waals surface area contributed by atoms with Crippen LogP contribution in [-0.2, 0) is 4.74 Å². The molecule has 0 saturated carbocycles. The van der Waals surface area contributed by atoms with E-state index < -0.39 is 0 Å². The molecule has 8 heteroatoms. The minimum atomic E-state index is 0.198. The highest BCUT2D eigenvalue weighted by Crippen LogP contribution is 2.24. The van der Waals surface area contributed by atoms with Crippen molar-refractivity contribution in [2.45, 2.75) is 12.5 Å². The van der Waals surface area contributed by atoms with Crippen molar-refractivity contribution in [2.75, 3.05) is 37.9 Å². The smallest absolute Gasteiger partial charge is 0.132 e. The Kier molecular flexibility index (Phi) is 6.00. The molecule has 1 atom stereocenters. The van der Waals surface area contributed by atoms with Crippen molar-refractivity contribution < 1.29 is 4.74 Å². The SMILES string of the molecule is CN/C=C(\C=N)c1ccc(N)c(C(=N)c2cc(N3CC[C@@H](OC)C3)ncn2)c1. The Bertz CT molecular complexity index is 909. The van der Waals surface area contributed by atoms with E-state index in [4.69, 9.17) is 21.3 Å². The number of nitrogens with zero attached hydrogens (tertiary/aromatic N) is 3. The molecule has 0 bridgehead atoms. The lowest BCUT2D eigenvalue weighted by atomic mass is 9.98. The largest absolute Gasteiger partial charge is 0.398 e. The third-order valence-corrected chi connectivity index (χ3v) is 4.82. The first-order valence-electron chi connectivity index (χ1n) is 9.04. The van der Waals surface area contributed by atoms with Crippen LogP contribution in [0.25, 0.3) is 5.57 Å². The average Bonchev–Trinajstić information content (AvgIpc) is 3.21.